The standard InChI is InChI=1S/C15H20Br2N2O/c1-2-19(10-11-3-5-18-6-4-11)15(20)12-7-13(16)9-14(17)8-12/h7-9,11,18H,2-6,10H2,1H3. The summed E-state index contributed by atoms with van der Waals surface area (Å²) in [6.07, 6.45) is 2.32. The molecule has 110 valence electrons. The molecule has 1 N–H and O–H groups in total. The minimum atomic E-state index is 0.119. The van der Waals surface area contributed by atoms with Gasteiger partial charge in [-0.25, -0.2) is 0 Å². The molecular formula is C15H20Br2N2O. The van der Waals surface area contributed by atoms with Gasteiger partial charge in [0, 0.05) is 27.6 Å². The Morgan fingerprint density at radius 3 is 2.40 bits per heavy atom. The van der Waals surface area contributed by atoms with E-state index in [0.717, 1.165) is 53.5 Å². The van der Waals surface area contributed by atoms with Crippen molar-refractivity contribution in [2.75, 3.05) is 26.2 Å². The molecule has 3 nitrogen and oxygen atoms in total. The maximum absolute atomic E-state index is 12.6. The lowest BCUT2D eigenvalue weighted by Crippen LogP contribution is -2.39. The average Bonchev–Trinajstić information content (AvgIpc) is 2.44. The first kappa shape index (κ1) is 16.0. The van der Waals surface area contributed by atoms with Gasteiger partial charge in [0.25, 0.3) is 5.91 Å². The number of amides is 1. The zero-order chi connectivity index (χ0) is 14.5. The number of carbonyl (C=O) groups is 1. The molecule has 1 aliphatic rings. The third-order valence-corrected chi connectivity index (χ3v) is 4.63. The van der Waals surface area contributed by atoms with Crippen molar-refractivity contribution >= 4 is 37.8 Å². The van der Waals surface area contributed by atoms with Crippen LogP contribution in [0.4, 0.5) is 0 Å². The number of piperidine rings is 1. The van der Waals surface area contributed by atoms with E-state index in [4.69, 9.17) is 0 Å². The second-order valence-corrected chi connectivity index (χ2v) is 7.03. The van der Waals surface area contributed by atoms with Crippen LogP contribution in [0.2, 0.25) is 0 Å². The molecule has 20 heavy (non-hydrogen) atoms. The Balaban J connectivity index is 2.07. The average molecular weight is 404 g/mol. The van der Waals surface area contributed by atoms with E-state index in [0.29, 0.717) is 5.92 Å². The van der Waals surface area contributed by atoms with Crippen molar-refractivity contribution in [2.24, 2.45) is 5.92 Å². The van der Waals surface area contributed by atoms with Crippen molar-refractivity contribution in [3.63, 3.8) is 0 Å². The Hall–Kier alpha value is -0.390. The molecule has 1 saturated heterocycles. The fraction of sp³-hybridized carbons (Fsp3) is 0.533. The molecular weight excluding hydrogens is 384 g/mol. The Kier molecular flexibility index (Phi) is 6.05. The van der Waals surface area contributed by atoms with Crippen molar-refractivity contribution < 1.29 is 4.79 Å². The molecule has 0 bridgehead atoms. The Morgan fingerprint density at radius 2 is 1.85 bits per heavy atom. The third kappa shape index (κ3) is 4.30. The number of nitrogens with one attached hydrogen (secondary N) is 1. The Labute approximate surface area is 137 Å². The topological polar surface area (TPSA) is 32.3 Å². The van der Waals surface area contributed by atoms with Crippen molar-refractivity contribution in [1.29, 1.82) is 0 Å². The summed E-state index contributed by atoms with van der Waals surface area (Å²) in [7, 11) is 0. The highest BCUT2D eigenvalue weighted by Crippen LogP contribution is 2.22. The van der Waals surface area contributed by atoms with Crippen LogP contribution in [-0.4, -0.2) is 37.0 Å². The first-order chi connectivity index (χ1) is 9.60. The summed E-state index contributed by atoms with van der Waals surface area (Å²) in [4.78, 5) is 14.6. The second-order valence-electron chi connectivity index (χ2n) is 5.20. The number of halogens is 2. The molecule has 0 unspecified atom stereocenters. The molecule has 0 saturated carbocycles. The summed E-state index contributed by atoms with van der Waals surface area (Å²) in [6, 6.07) is 5.72. The normalized spacial score (nSPS) is 16.1. The summed E-state index contributed by atoms with van der Waals surface area (Å²) in [5.41, 5.74) is 0.738. The molecule has 0 radical (unpaired) electrons. The summed E-state index contributed by atoms with van der Waals surface area (Å²) in [5, 5.41) is 3.37. The predicted molar refractivity (Wildman–Crippen MR) is 89.0 cm³/mol. The monoisotopic (exact) mass is 402 g/mol. The van der Waals surface area contributed by atoms with Crippen LogP contribution in [-0.2, 0) is 0 Å². The van der Waals surface area contributed by atoms with Gasteiger partial charge in [-0.05, 0) is 57.0 Å². The van der Waals surface area contributed by atoms with Gasteiger partial charge in [-0.15, -0.1) is 0 Å². The number of hydrogen-bond donors (Lipinski definition) is 1. The summed E-state index contributed by atoms with van der Waals surface area (Å²) in [6.45, 7) is 5.80. The highest BCUT2D eigenvalue weighted by molar-refractivity contribution is 9.11. The minimum absolute atomic E-state index is 0.119. The van der Waals surface area contributed by atoms with Gasteiger partial charge >= 0.3 is 0 Å². The van der Waals surface area contributed by atoms with Crippen LogP contribution in [0.25, 0.3) is 0 Å². The van der Waals surface area contributed by atoms with E-state index in [1.807, 2.05) is 30.0 Å². The molecule has 2 rings (SSSR count). The predicted octanol–water partition coefficient (Wildman–Crippen LogP) is 3.67. The molecule has 1 amide bonds. The highest BCUT2D eigenvalue weighted by atomic mass is 79.9. The van der Waals surface area contributed by atoms with E-state index in [1.54, 1.807) is 0 Å². The molecule has 1 aromatic rings. The molecule has 0 aromatic heterocycles. The van der Waals surface area contributed by atoms with E-state index in [2.05, 4.69) is 37.2 Å². The first-order valence-electron chi connectivity index (χ1n) is 7.06. The summed E-state index contributed by atoms with van der Waals surface area (Å²) >= 11 is 6.88. The second kappa shape index (κ2) is 7.57. The molecule has 5 heteroatoms. The van der Waals surface area contributed by atoms with E-state index >= 15 is 0 Å². The van der Waals surface area contributed by atoms with Gasteiger partial charge in [0.05, 0.1) is 0 Å². The van der Waals surface area contributed by atoms with Crippen molar-refractivity contribution in [2.45, 2.75) is 19.8 Å². The van der Waals surface area contributed by atoms with Crippen molar-refractivity contribution in [3.05, 3.63) is 32.7 Å². The number of benzene rings is 1. The van der Waals surface area contributed by atoms with Gasteiger partial charge < -0.3 is 10.2 Å². The van der Waals surface area contributed by atoms with Crippen LogP contribution >= 0.6 is 31.9 Å². The minimum Gasteiger partial charge on any atom is -0.339 e. The zero-order valence-electron chi connectivity index (χ0n) is 11.7. The number of carbonyl (C=O) groups excluding carboxylic acids is 1. The Morgan fingerprint density at radius 1 is 1.25 bits per heavy atom. The van der Waals surface area contributed by atoms with Gasteiger partial charge in [0.2, 0.25) is 0 Å². The van der Waals surface area contributed by atoms with Crippen LogP contribution in [0.5, 0.6) is 0 Å². The molecule has 0 atom stereocenters. The SMILES string of the molecule is CCN(CC1CCNCC1)C(=O)c1cc(Br)cc(Br)c1. The fourth-order valence-corrected chi connectivity index (χ4v) is 3.89. The van der Waals surface area contributed by atoms with Crippen molar-refractivity contribution in [3.8, 4) is 0 Å². The van der Waals surface area contributed by atoms with Gasteiger partial charge in [-0.1, -0.05) is 31.9 Å². The number of nitrogens with zero attached hydrogens (tertiary/aromatic N) is 1. The molecule has 1 aromatic carbocycles. The van der Waals surface area contributed by atoms with Crippen LogP contribution in [0.15, 0.2) is 27.1 Å². The Bertz CT molecular complexity index is 453. The zero-order valence-corrected chi connectivity index (χ0v) is 14.8. The molecule has 1 fully saturated rings. The number of rotatable bonds is 4. The van der Waals surface area contributed by atoms with E-state index in [1.165, 1.54) is 0 Å². The fourth-order valence-electron chi connectivity index (χ4n) is 2.59. The van der Waals surface area contributed by atoms with Gasteiger partial charge in [-0.2, -0.15) is 0 Å². The van der Waals surface area contributed by atoms with E-state index in [9.17, 15) is 4.79 Å². The molecule has 1 heterocycles. The lowest BCUT2D eigenvalue weighted by molar-refractivity contribution is 0.0726. The third-order valence-electron chi connectivity index (χ3n) is 3.72. The van der Waals surface area contributed by atoms with Crippen LogP contribution in [0.3, 0.4) is 0 Å². The van der Waals surface area contributed by atoms with Gasteiger partial charge in [0.1, 0.15) is 0 Å². The lowest BCUT2D eigenvalue weighted by Gasteiger charge is -2.29. The molecule has 0 aliphatic carbocycles. The quantitative estimate of drug-likeness (QED) is 0.831. The summed E-state index contributed by atoms with van der Waals surface area (Å²) < 4.78 is 1.85. The van der Waals surface area contributed by atoms with Crippen LogP contribution in [0, 0.1) is 5.92 Å². The maximum Gasteiger partial charge on any atom is 0.253 e. The smallest absolute Gasteiger partial charge is 0.253 e. The van der Waals surface area contributed by atoms with Gasteiger partial charge in [0.15, 0.2) is 0 Å². The van der Waals surface area contributed by atoms with Crippen LogP contribution in [0.1, 0.15) is 30.1 Å². The van der Waals surface area contributed by atoms with Crippen molar-refractivity contribution in [1.82, 2.24) is 10.2 Å². The lowest BCUT2D eigenvalue weighted by atomic mass is 9.97. The first-order valence-corrected chi connectivity index (χ1v) is 8.65. The maximum atomic E-state index is 12.6. The van der Waals surface area contributed by atoms with E-state index in [-0.39, 0.29) is 5.91 Å². The summed E-state index contributed by atoms with van der Waals surface area (Å²) in [5.74, 6) is 0.740. The number of hydrogen-bond acceptors (Lipinski definition) is 2. The molecule has 0 spiro atoms. The van der Waals surface area contributed by atoms with Crippen LogP contribution < -0.4 is 5.32 Å². The molecule has 1 aliphatic heterocycles. The largest absolute Gasteiger partial charge is 0.339 e. The van der Waals surface area contributed by atoms with Gasteiger partial charge in [-0.3, -0.25) is 4.79 Å². The highest BCUT2D eigenvalue weighted by Gasteiger charge is 2.21. The van der Waals surface area contributed by atoms with E-state index < -0.39 is 0 Å².